The lowest BCUT2D eigenvalue weighted by Gasteiger charge is -2.32. The van der Waals surface area contributed by atoms with Gasteiger partial charge in [0.1, 0.15) is 10.8 Å². The van der Waals surface area contributed by atoms with Crippen molar-refractivity contribution in [1.29, 1.82) is 0 Å². The molecule has 1 saturated heterocycles. The Kier molecular flexibility index (Phi) is 7.23. The summed E-state index contributed by atoms with van der Waals surface area (Å²) >= 11 is 1.03. The van der Waals surface area contributed by atoms with Crippen LogP contribution in [0.2, 0.25) is 0 Å². The fourth-order valence-electron chi connectivity index (χ4n) is 4.77. The summed E-state index contributed by atoms with van der Waals surface area (Å²) in [6, 6.07) is 19.4. The Hall–Kier alpha value is -2.96. The Bertz CT molecular complexity index is 1490. The highest BCUT2D eigenvalue weighted by atomic mass is 32.2. The molecule has 204 valence electrons. The summed E-state index contributed by atoms with van der Waals surface area (Å²) in [4.78, 5) is 13.5. The molecule has 1 aliphatic carbocycles. The van der Waals surface area contributed by atoms with E-state index in [9.17, 15) is 13.2 Å². The first-order valence-electron chi connectivity index (χ1n) is 12.6. The molecule has 1 fully saturated rings. The molecule has 3 aromatic rings. The monoisotopic (exact) mass is 566 g/mol. The van der Waals surface area contributed by atoms with Crippen LogP contribution in [0.15, 0.2) is 70.3 Å². The molecule has 0 bridgehead atoms. The third-order valence-corrected chi connectivity index (χ3v) is 10.0. The number of thiophene rings is 1. The van der Waals surface area contributed by atoms with Crippen molar-refractivity contribution in [1.82, 2.24) is 5.32 Å². The summed E-state index contributed by atoms with van der Waals surface area (Å²) in [6.07, 6.45) is 1.18. The molecule has 3 N–H and O–H groups in total. The molecular weight excluding hydrogens is 535 g/mol. The second-order valence-corrected chi connectivity index (χ2v) is 13.6. The van der Waals surface area contributed by atoms with E-state index in [1.165, 1.54) is 6.07 Å². The molecule has 5 rings (SSSR count). The molecule has 39 heavy (non-hydrogen) atoms. The van der Waals surface area contributed by atoms with Gasteiger partial charge in [0.05, 0.1) is 11.2 Å². The second-order valence-electron chi connectivity index (χ2n) is 10.7. The van der Waals surface area contributed by atoms with Crippen molar-refractivity contribution in [3.8, 4) is 11.1 Å². The summed E-state index contributed by atoms with van der Waals surface area (Å²) in [5.74, 6) is -0.0518. The molecule has 0 radical (unpaired) electrons. The van der Waals surface area contributed by atoms with Crippen LogP contribution in [-0.2, 0) is 24.1 Å². The van der Waals surface area contributed by atoms with Crippen LogP contribution in [0.5, 0.6) is 0 Å². The SMILES string of the molecule is CC1(C)OB(C(=Cc2ccc(S(N)(=O)=O)s2)CNC(=O)OCC2c3ccccc3-c3ccccc32)OC1(C)C. The first-order valence-corrected chi connectivity index (χ1v) is 15.0. The van der Waals surface area contributed by atoms with Gasteiger partial charge in [-0.2, -0.15) is 0 Å². The van der Waals surface area contributed by atoms with E-state index in [2.05, 4.69) is 29.6 Å². The van der Waals surface area contributed by atoms with Gasteiger partial charge in [-0.3, -0.25) is 0 Å². The lowest BCUT2D eigenvalue weighted by Crippen LogP contribution is -2.41. The number of sulfonamides is 1. The number of nitrogens with two attached hydrogens (primary N) is 1. The smallest absolute Gasteiger partial charge is 0.449 e. The van der Waals surface area contributed by atoms with Crippen molar-refractivity contribution in [3.05, 3.63) is 82.1 Å². The number of ether oxygens (including phenoxy) is 1. The van der Waals surface area contributed by atoms with Crippen LogP contribution in [0.3, 0.4) is 0 Å². The molecule has 1 aliphatic heterocycles. The Labute approximate surface area is 233 Å². The van der Waals surface area contributed by atoms with Crippen LogP contribution < -0.4 is 10.5 Å². The zero-order valence-corrected chi connectivity index (χ0v) is 23.9. The first kappa shape index (κ1) is 27.6. The number of primary sulfonamides is 1. The molecule has 2 aromatic carbocycles. The minimum atomic E-state index is -3.82. The van der Waals surface area contributed by atoms with Crippen LogP contribution >= 0.6 is 11.3 Å². The molecule has 11 heteroatoms. The Morgan fingerprint density at radius 1 is 1.00 bits per heavy atom. The average Bonchev–Trinajstić information content (AvgIpc) is 3.53. The average molecular weight is 567 g/mol. The van der Waals surface area contributed by atoms with Gasteiger partial charge >= 0.3 is 13.2 Å². The summed E-state index contributed by atoms with van der Waals surface area (Å²) in [5.41, 5.74) is 4.00. The maximum absolute atomic E-state index is 12.9. The predicted molar refractivity (Wildman–Crippen MR) is 153 cm³/mol. The number of nitrogens with one attached hydrogen (secondary N) is 1. The van der Waals surface area contributed by atoms with Gasteiger partial charge in [-0.05, 0) is 73.6 Å². The lowest BCUT2D eigenvalue weighted by molar-refractivity contribution is 0.00578. The highest BCUT2D eigenvalue weighted by molar-refractivity contribution is 7.91. The molecule has 0 spiro atoms. The number of amides is 1. The summed E-state index contributed by atoms with van der Waals surface area (Å²) in [5, 5.41) is 8.09. The highest BCUT2D eigenvalue weighted by Crippen LogP contribution is 2.44. The lowest BCUT2D eigenvalue weighted by atomic mass is 9.77. The molecule has 1 aromatic heterocycles. The zero-order valence-electron chi connectivity index (χ0n) is 22.3. The van der Waals surface area contributed by atoms with Gasteiger partial charge in [-0.1, -0.05) is 48.5 Å². The van der Waals surface area contributed by atoms with Gasteiger partial charge in [-0.25, -0.2) is 18.4 Å². The number of fused-ring (bicyclic) bond motifs is 3. The van der Waals surface area contributed by atoms with E-state index in [4.69, 9.17) is 19.2 Å². The van der Waals surface area contributed by atoms with Crippen molar-refractivity contribution in [2.45, 2.75) is 49.0 Å². The van der Waals surface area contributed by atoms with E-state index in [-0.39, 0.29) is 23.3 Å². The summed E-state index contributed by atoms with van der Waals surface area (Å²) in [6.45, 7) is 8.03. The summed E-state index contributed by atoms with van der Waals surface area (Å²) < 4.78 is 41.6. The molecule has 0 unspecified atom stereocenters. The standard InChI is InChI=1S/C28H31BN2O6S2/c1-27(2)28(3,4)37-29(36-27)18(15-19-13-14-25(38-19)39(30,33)34)16-31-26(32)35-17-24-22-11-7-5-9-20(22)21-10-6-8-12-23(21)24/h5-15,24H,16-17H2,1-4H3,(H,31,32)(H2,30,33,34). The third-order valence-electron chi connectivity index (χ3n) is 7.55. The predicted octanol–water partition coefficient (Wildman–Crippen LogP) is 4.95. The Balaban J connectivity index is 1.31. The topological polar surface area (TPSA) is 117 Å². The van der Waals surface area contributed by atoms with E-state index >= 15 is 0 Å². The number of benzene rings is 2. The van der Waals surface area contributed by atoms with Gasteiger partial charge < -0.3 is 19.4 Å². The van der Waals surface area contributed by atoms with Gasteiger partial charge in [0.25, 0.3) is 0 Å². The number of rotatable bonds is 7. The van der Waals surface area contributed by atoms with Gasteiger partial charge in [0.2, 0.25) is 10.0 Å². The van der Waals surface area contributed by atoms with Gasteiger partial charge in [0, 0.05) is 17.3 Å². The third kappa shape index (κ3) is 5.55. The maximum atomic E-state index is 12.9. The van der Waals surface area contributed by atoms with Crippen molar-refractivity contribution >= 4 is 40.6 Å². The Morgan fingerprint density at radius 2 is 1.56 bits per heavy atom. The van der Waals surface area contributed by atoms with Gasteiger partial charge in [-0.15, -0.1) is 11.3 Å². The molecular formula is C28H31BN2O6S2. The minimum Gasteiger partial charge on any atom is -0.449 e. The van der Waals surface area contributed by atoms with Gasteiger partial charge in [0.15, 0.2) is 0 Å². The summed E-state index contributed by atoms with van der Waals surface area (Å²) in [7, 11) is -4.57. The number of hydrogen-bond acceptors (Lipinski definition) is 7. The first-order chi connectivity index (χ1) is 18.4. The van der Waals surface area contributed by atoms with E-state index in [0.717, 1.165) is 33.6 Å². The second kappa shape index (κ2) is 10.2. The molecule has 2 heterocycles. The van der Waals surface area contributed by atoms with E-state index in [1.54, 1.807) is 12.1 Å². The number of carbonyl (C=O) groups is 1. The minimum absolute atomic E-state index is 0.0477. The quantitative estimate of drug-likeness (QED) is 0.391. The molecule has 2 aliphatic rings. The van der Waals surface area contributed by atoms with Crippen LogP contribution in [0.4, 0.5) is 4.79 Å². The fraction of sp³-hybridized carbons (Fsp3) is 0.321. The molecule has 8 nitrogen and oxygen atoms in total. The van der Waals surface area contributed by atoms with Crippen LogP contribution in [0.25, 0.3) is 17.2 Å². The number of alkyl carbamates (subject to hydrolysis) is 1. The maximum Gasteiger partial charge on any atom is 0.492 e. The van der Waals surface area contributed by atoms with E-state index < -0.39 is 34.4 Å². The van der Waals surface area contributed by atoms with Crippen molar-refractivity contribution in [2.24, 2.45) is 5.14 Å². The highest BCUT2D eigenvalue weighted by Gasteiger charge is 2.52. The van der Waals surface area contributed by atoms with Crippen molar-refractivity contribution in [2.75, 3.05) is 13.2 Å². The van der Waals surface area contributed by atoms with Crippen LogP contribution in [0.1, 0.15) is 49.6 Å². The van der Waals surface area contributed by atoms with E-state index in [0.29, 0.717) is 10.3 Å². The molecule has 0 atom stereocenters. The number of hydrogen-bond donors (Lipinski definition) is 2. The van der Waals surface area contributed by atoms with Crippen molar-refractivity contribution in [3.63, 3.8) is 0 Å². The fourth-order valence-corrected chi connectivity index (χ4v) is 6.49. The molecule has 0 saturated carbocycles. The molecule has 1 amide bonds. The van der Waals surface area contributed by atoms with E-state index in [1.807, 2.05) is 52.0 Å². The Morgan fingerprint density at radius 3 is 2.10 bits per heavy atom. The largest absolute Gasteiger partial charge is 0.492 e. The van der Waals surface area contributed by atoms with Crippen LogP contribution in [-0.4, -0.2) is 46.0 Å². The normalized spacial score (nSPS) is 18.1. The number of carbonyl (C=O) groups excluding carboxylic acids is 1. The van der Waals surface area contributed by atoms with Crippen LogP contribution in [0, 0.1) is 0 Å². The zero-order chi connectivity index (χ0) is 28.0. The van der Waals surface area contributed by atoms with Crippen molar-refractivity contribution < 1.29 is 27.3 Å².